The molecule has 3 aromatic heterocycles. The first-order valence-electron chi connectivity index (χ1n) is 6.71. The Hall–Kier alpha value is -1.74. The number of H-pyrrole nitrogens is 1. The van der Waals surface area contributed by atoms with Gasteiger partial charge in [-0.2, -0.15) is 0 Å². The van der Waals surface area contributed by atoms with Crippen LogP contribution in [0, 0.1) is 0 Å². The van der Waals surface area contributed by atoms with Crippen LogP contribution in [0.1, 0.15) is 25.6 Å². The van der Waals surface area contributed by atoms with E-state index in [4.69, 9.17) is 0 Å². The number of thioether (sulfide) groups is 1. The molecule has 3 aromatic rings. The number of hydrogen-bond donors (Lipinski definition) is 1. The summed E-state index contributed by atoms with van der Waals surface area (Å²) in [6.07, 6.45) is 2.20. The summed E-state index contributed by atoms with van der Waals surface area (Å²) in [6.45, 7) is 3.01. The van der Waals surface area contributed by atoms with Crippen molar-refractivity contribution in [3.8, 4) is 10.7 Å². The average Bonchev–Trinajstić information content (AvgIpc) is 3.22. The van der Waals surface area contributed by atoms with Crippen molar-refractivity contribution in [2.75, 3.05) is 0 Å². The predicted molar refractivity (Wildman–Crippen MR) is 82.0 cm³/mol. The highest BCUT2D eigenvalue weighted by Crippen LogP contribution is 2.24. The Morgan fingerprint density at radius 3 is 3.19 bits per heavy atom. The minimum atomic E-state index is 0.665. The maximum absolute atomic E-state index is 4.47. The molecule has 1 N–H and O–H groups in total. The molecule has 3 heterocycles. The zero-order chi connectivity index (χ0) is 14.5. The third-order valence-electron chi connectivity index (χ3n) is 2.88. The molecule has 7 nitrogen and oxygen atoms in total. The second-order valence-corrected chi connectivity index (χ2v) is 6.29. The molecule has 0 saturated heterocycles. The molecule has 0 radical (unpaired) electrons. The third kappa shape index (κ3) is 3.48. The van der Waals surface area contributed by atoms with E-state index in [0.29, 0.717) is 10.9 Å². The predicted octanol–water partition coefficient (Wildman–Crippen LogP) is 2.61. The van der Waals surface area contributed by atoms with Crippen LogP contribution in [-0.2, 0) is 12.3 Å². The number of aryl methyl sites for hydroxylation is 1. The Morgan fingerprint density at radius 1 is 1.43 bits per heavy atom. The number of nitrogens with one attached hydrogen (secondary N) is 1. The first-order valence-corrected chi connectivity index (χ1v) is 8.57. The van der Waals surface area contributed by atoms with Gasteiger partial charge in [0.15, 0.2) is 11.6 Å². The zero-order valence-electron chi connectivity index (χ0n) is 11.6. The lowest BCUT2D eigenvalue weighted by molar-refractivity contribution is 0.540. The Morgan fingerprint density at radius 2 is 2.38 bits per heavy atom. The third-order valence-corrected chi connectivity index (χ3v) is 4.60. The molecule has 0 spiro atoms. The average molecular weight is 321 g/mol. The van der Waals surface area contributed by atoms with E-state index < -0.39 is 0 Å². The number of nitrogens with zero attached hydrogens (tertiary/aromatic N) is 6. The summed E-state index contributed by atoms with van der Waals surface area (Å²) in [4.78, 5) is 5.56. The SMILES string of the molecule is CCCCn1nnnc1CSc1n[nH]c(-c2cccs2)n1. The normalized spacial score (nSPS) is 11.1. The second kappa shape index (κ2) is 6.81. The van der Waals surface area contributed by atoms with Gasteiger partial charge >= 0.3 is 0 Å². The zero-order valence-corrected chi connectivity index (χ0v) is 13.2. The summed E-state index contributed by atoms with van der Waals surface area (Å²) in [7, 11) is 0. The van der Waals surface area contributed by atoms with E-state index in [1.165, 1.54) is 11.8 Å². The Kier molecular flexibility index (Phi) is 4.61. The highest BCUT2D eigenvalue weighted by atomic mass is 32.2. The number of rotatable bonds is 7. The Balaban J connectivity index is 1.62. The van der Waals surface area contributed by atoms with Gasteiger partial charge in [0.25, 0.3) is 0 Å². The number of aromatic amines is 1. The second-order valence-electron chi connectivity index (χ2n) is 4.40. The summed E-state index contributed by atoms with van der Waals surface area (Å²) in [5.41, 5.74) is 0. The van der Waals surface area contributed by atoms with Crippen LogP contribution in [0.15, 0.2) is 22.7 Å². The standard InChI is InChI=1S/C12H15N7S2/c1-2-3-6-19-10(14-17-18-19)8-21-12-13-11(15-16-12)9-5-4-7-20-9/h4-5,7H,2-3,6,8H2,1H3,(H,13,15,16). The van der Waals surface area contributed by atoms with Crippen LogP contribution in [-0.4, -0.2) is 35.4 Å². The fourth-order valence-corrected chi connectivity index (χ4v) is 3.17. The van der Waals surface area contributed by atoms with Gasteiger partial charge in [0.1, 0.15) is 0 Å². The van der Waals surface area contributed by atoms with Crippen molar-refractivity contribution in [2.45, 2.75) is 37.2 Å². The minimum absolute atomic E-state index is 0.665. The number of aromatic nitrogens is 7. The van der Waals surface area contributed by atoms with Crippen LogP contribution in [0.5, 0.6) is 0 Å². The van der Waals surface area contributed by atoms with Crippen LogP contribution in [0.2, 0.25) is 0 Å². The molecule has 0 aliphatic carbocycles. The molecule has 0 aliphatic heterocycles. The number of tetrazole rings is 1. The van der Waals surface area contributed by atoms with E-state index in [9.17, 15) is 0 Å². The van der Waals surface area contributed by atoms with Crippen molar-refractivity contribution in [3.63, 3.8) is 0 Å². The summed E-state index contributed by atoms with van der Waals surface area (Å²) in [5, 5.41) is 21.7. The van der Waals surface area contributed by atoms with Gasteiger partial charge in [-0.1, -0.05) is 31.2 Å². The molecule has 0 unspecified atom stereocenters. The number of hydrogen-bond acceptors (Lipinski definition) is 7. The van der Waals surface area contributed by atoms with Crippen LogP contribution in [0.3, 0.4) is 0 Å². The largest absolute Gasteiger partial charge is 0.257 e. The fourth-order valence-electron chi connectivity index (χ4n) is 1.77. The van der Waals surface area contributed by atoms with Crippen molar-refractivity contribution in [1.82, 2.24) is 35.4 Å². The lowest BCUT2D eigenvalue weighted by Gasteiger charge is -2.01. The van der Waals surface area contributed by atoms with Crippen molar-refractivity contribution in [1.29, 1.82) is 0 Å². The van der Waals surface area contributed by atoms with Crippen molar-refractivity contribution in [2.24, 2.45) is 0 Å². The monoisotopic (exact) mass is 321 g/mol. The molecule has 110 valence electrons. The van der Waals surface area contributed by atoms with Gasteiger partial charge in [0, 0.05) is 6.54 Å². The van der Waals surface area contributed by atoms with E-state index in [1.807, 2.05) is 22.2 Å². The van der Waals surface area contributed by atoms with Gasteiger partial charge < -0.3 is 0 Å². The van der Waals surface area contributed by atoms with Gasteiger partial charge in [-0.3, -0.25) is 5.10 Å². The molecule has 0 amide bonds. The van der Waals surface area contributed by atoms with Gasteiger partial charge in [-0.05, 0) is 28.3 Å². The van der Waals surface area contributed by atoms with Gasteiger partial charge in [-0.25, -0.2) is 9.67 Å². The highest BCUT2D eigenvalue weighted by molar-refractivity contribution is 7.98. The molecule has 9 heteroatoms. The molecule has 0 bridgehead atoms. The summed E-state index contributed by atoms with van der Waals surface area (Å²) >= 11 is 3.17. The Bertz CT molecular complexity index is 673. The smallest absolute Gasteiger partial charge is 0.209 e. The van der Waals surface area contributed by atoms with Crippen molar-refractivity contribution < 1.29 is 0 Å². The number of unbranched alkanes of at least 4 members (excludes halogenated alkanes) is 1. The lowest BCUT2D eigenvalue weighted by atomic mass is 10.3. The molecule has 21 heavy (non-hydrogen) atoms. The van der Waals surface area contributed by atoms with E-state index >= 15 is 0 Å². The molecular weight excluding hydrogens is 306 g/mol. The number of thiophene rings is 1. The van der Waals surface area contributed by atoms with Crippen LogP contribution in [0.25, 0.3) is 10.7 Å². The summed E-state index contributed by atoms with van der Waals surface area (Å²) in [5.74, 6) is 2.33. The quantitative estimate of drug-likeness (QED) is 0.673. The molecule has 0 saturated carbocycles. The maximum Gasteiger partial charge on any atom is 0.209 e. The molecule has 0 atom stereocenters. The van der Waals surface area contributed by atoms with Crippen molar-refractivity contribution >= 4 is 23.1 Å². The molecule has 0 aromatic carbocycles. The van der Waals surface area contributed by atoms with Crippen LogP contribution < -0.4 is 0 Å². The van der Waals surface area contributed by atoms with E-state index in [2.05, 4.69) is 37.6 Å². The Labute approximate surface area is 130 Å². The first-order chi connectivity index (χ1) is 10.4. The topological polar surface area (TPSA) is 85.2 Å². The van der Waals surface area contributed by atoms with E-state index in [0.717, 1.165) is 35.9 Å². The van der Waals surface area contributed by atoms with Crippen molar-refractivity contribution in [3.05, 3.63) is 23.3 Å². The molecular formula is C12H15N7S2. The van der Waals surface area contributed by atoms with Gasteiger partial charge in [-0.15, -0.1) is 21.5 Å². The van der Waals surface area contributed by atoms with E-state index in [1.54, 1.807) is 11.3 Å². The lowest BCUT2D eigenvalue weighted by Crippen LogP contribution is -2.05. The summed E-state index contributed by atoms with van der Waals surface area (Å²) < 4.78 is 1.85. The molecule has 0 aliphatic rings. The highest BCUT2D eigenvalue weighted by Gasteiger charge is 2.10. The summed E-state index contributed by atoms with van der Waals surface area (Å²) in [6, 6.07) is 4.02. The maximum atomic E-state index is 4.47. The fraction of sp³-hybridized carbons (Fsp3) is 0.417. The van der Waals surface area contributed by atoms with Gasteiger partial charge in [0.2, 0.25) is 5.16 Å². The molecule has 3 rings (SSSR count). The van der Waals surface area contributed by atoms with E-state index in [-0.39, 0.29) is 0 Å². The van der Waals surface area contributed by atoms with Gasteiger partial charge in [0.05, 0.1) is 10.6 Å². The minimum Gasteiger partial charge on any atom is -0.257 e. The van der Waals surface area contributed by atoms with Crippen LogP contribution >= 0.6 is 23.1 Å². The molecule has 0 fully saturated rings. The van der Waals surface area contributed by atoms with Crippen LogP contribution in [0.4, 0.5) is 0 Å². The first kappa shape index (κ1) is 14.2.